The Kier molecular flexibility index (Phi) is 4.36. The van der Waals surface area contributed by atoms with Crippen LogP contribution in [0.3, 0.4) is 0 Å². The Morgan fingerprint density at radius 2 is 2.06 bits per heavy atom. The molecule has 1 amide bonds. The minimum atomic E-state index is -0.470. The third-order valence-corrected chi connectivity index (χ3v) is 3.94. The lowest BCUT2D eigenvalue weighted by Gasteiger charge is -2.40. The molecule has 5 nitrogen and oxygen atoms in total. The number of nitrogens with two attached hydrogens (primary N) is 1. The van der Waals surface area contributed by atoms with Crippen molar-refractivity contribution in [3.63, 3.8) is 0 Å². The summed E-state index contributed by atoms with van der Waals surface area (Å²) in [5.74, 6) is -0.176. The maximum Gasteiger partial charge on any atom is 0.238 e. The normalized spacial score (nSPS) is 32.7. The topological polar surface area (TPSA) is 67.6 Å². The third-order valence-electron chi connectivity index (χ3n) is 3.94. The molecule has 5 heteroatoms. The number of nitrogens with zero attached hydrogens (tertiary/aromatic N) is 1. The first-order valence-corrected chi connectivity index (χ1v) is 6.59. The minimum absolute atomic E-state index is 0.176. The van der Waals surface area contributed by atoms with Crippen LogP contribution in [-0.4, -0.2) is 55.7 Å². The van der Waals surface area contributed by atoms with Gasteiger partial charge in [0.2, 0.25) is 5.91 Å². The number of primary amides is 1. The molecule has 0 aromatic heterocycles. The first-order chi connectivity index (χ1) is 8.26. The van der Waals surface area contributed by atoms with Crippen molar-refractivity contribution in [2.75, 3.05) is 39.4 Å². The molecule has 3 N–H and O–H groups in total. The fraction of sp³-hybridized carbons (Fsp3) is 0.917. The molecule has 2 fully saturated rings. The summed E-state index contributed by atoms with van der Waals surface area (Å²) in [7, 11) is 0. The van der Waals surface area contributed by atoms with Crippen molar-refractivity contribution in [2.45, 2.75) is 31.2 Å². The van der Waals surface area contributed by atoms with Crippen molar-refractivity contribution < 1.29 is 9.53 Å². The molecule has 0 aromatic rings. The molecule has 0 aromatic carbocycles. The smallest absolute Gasteiger partial charge is 0.238 e. The lowest BCUT2D eigenvalue weighted by molar-refractivity contribution is -0.131. The minimum Gasteiger partial charge on any atom is -0.381 e. The fourth-order valence-electron chi connectivity index (χ4n) is 2.93. The van der Waals surface area contributed by atoms with Gasteiger partial charge in [0, 0.05) is 32.8 Å². The zero-order valence-corrected chi connectivity index (χ0v) is 10.4. The van der Waals surface area contributed by atoms with E-state index in [2.05, 4.69) is 10.2 Å². The number of carbonyl (C=O) groups is 1. The maximum absolute atomic E-state index is 11.9. The number of ether oxygens (including phenoxy) is 1. The van der Waals surface area contributed by atoms with E-state index in [1.165, 1.54) is 0 Å². The largest absolute Gasteiger partial charge is 0.381 e. The monoisotopic (exact) mass is 241 g/mol. The molecule has 0 aliphatic carbocycles. The van der Waals surface area contributed by atoms with E-state index < -0.39 is 5.54 Å². The number of carbonyl (C=O) groups excluding carboxylic acids is 1. The number of rotatable bonds is 2. The zero-order valence-electron chi connectivity index (χ0n) is 10.4. The zero-order chi connectivity index (χ0) is 12.1. The van der Waals surface area contributed by atoms with Gasteiger partial charge in [-0.2, -0.15) is 0 Å². The Hall–Kier alpha value is -0.650. The van der Waals surface area contributed by atoms with Gasteiger partial charge in [0.15, 0.2) is 0 Å². The molecule has 2 heterocycles. The molecular formula is C12H23N3O2. The summed E-state index contributed by atoms with van der Waals surface area (Å²) in [5, 5.41) is 3.36. The highest BCUT2D eigenvalue weighted by molar-refractivity contribution is 5.84. The van der Waals surface area contributed by atoms with E-state index in [1.54, 1.807) is 0 Å². The molecule has 0 radical (unpaired) electrons. The van der Waals surface area contributed by atoms with Gasteiger partial charge in [-0.1, -0.05) is 0 Å². The third kappa shape index (κ3) is 2.78. The van der Waals surface area contributed by atoms with Gasteiger partial charge in [0.1, 0.15) is 5.54 Å². The quantitative estimate of drug-likeness (QED) is 0.697. The second-order valence-corrected chi connectivity index (χ2v) is 4.95. The number of nitrogens with one attached hydrogen (secondary N) is 1. The molecule has 2 aliphatic heterocycles. The predicted molar refractivity (Wildman–Crippen MR) is 65.7 cm³/mol. The van der Waals surface area contributed by atoms with Crippen LogP contribution in [-0.2, 0) is 9.53 Å². The molecule has 2 rings (SSSR count). The summed E-state index contributed by atoms with van der Waals surface area (Å²) in [4.78, 5) is 14.2. The lowest BCUT2D eigenvalue weighted by atomic mass is 9.87. The van der Waals surface area contributed by atoms with E-state index in [9.17, 15) is 4.79 Å². The maximum atomic E-state index is 11.9. The molecule has 98 valence electrons. The van der Waals surface area contributed by atoms with Crippen molar-refractivity contribution in [1.29, 1.82) is 0 Å². The van der Waals surface area contributed by atoms with Crippen molar-refractivity contribution in [1.82, 2.24) is 10.2 Å². The lowest BCUT2D eigenvalue weighted by Crippen LogP contribution is -2.58. The Balaban J connectivity index is 2.15. The first-order valence-electron chi connectivity index (χ1n) is 6.59. The van der Waals surface area contributed by atoms with Gasteiger partial charge in [-0.05, 0) is 32.2 Å². The van der Waals surface area contributed by atoms with Crippen molar-refractivity contribution in [3.05, 3.63) is 0 Å². The van der Waals surface area contributed by atoms with E-state index in [4.69, 9.17) is 10.5 Å². The number of hydrogen-bond donors (Lipinski definition) is 2. The van der Waals surface area contributed by atoms with Gasteiger partial charge in [-0.15, -0.1) is 0 Å². The fourth-order valence-corrected chi connectivity index (χ4v) is 2.93. The molecule has 1 atom stereocenters. The highest BCUT2D eigenvalue weighted by Gasteiger charge is 2.42. The van der Waals surface area contributed by atoms with Gasteiger partial charge in [-0.25, -0.2) is 0 Å². The van der Waals surface area contributed by atoms with Gasteiger partial charge >= 0.3 is 0 Å². The SMILES string of the molecule is NC(=O)C1(N2CCCNCC2)CCCOCC1. The Bertz CT molecular complexity index is 254. The summed E-state index contributed by atoms with van der Waals surface area (Å²) in [5.41, 5.74) is 5.23. The molecule has 2 saturated heterocycles. The van der Waals surface area contributed by atoms with E-state index in [0.717, 1.165) is 58.5 Å². The van der Waals surface area contributed by atoms with Crippen molar-refractivity contribution in [2.24, 2.45) is 5.73 Å². The summed E-state index contributed by atoms with van der Waals surface area (Å²) in [6.45, 7) is 5.23. The highest BCUT2D eigenvalue weighted by atomic mass is 16.5. The molecule has 0 saturated carbocycles. The molecular weight excluding hydrogens is 218 g/mol. The molecule has 1 unspecified atom stereocenters. The van der Waals surface area contributed by atoms with Crippen LogP contribution in [0.4, 0.5) is 0 Å². The van der Waals surface area contributed by atoms with Crippen LogP contribution in [0, 0.1) is 0 Å². The van der Waals surface area contributed by atoms with Gasteiger partial charge in [0.25, 0.3) is 0 Å². The van der Waals surface area contributed by atoms with Crippen LogP contribution >= 0.6 is 0 Å². The standard InChI is InChI=1S/C12H23N3O2/c13-11(16)12(3-1-9-17-10-4-12)15-7-2-5-14-6-8-15/h14H,1-10H2,(H2,13,16). The Labute approximate surface area is 103 Å². The summed E-state index contributed by atoms with van der Waals surface area (Å²) < 4.78 is 5.47. The predicted octanol–water partition coefficient (Wildman–Crippen LogP) is -0.294. The van der Waals surface area contributed by atoms with Crippen LogP contribution in [0.2, 0.25) is 0 Å². The van der Waals surface area contributed by atoms with E-state index in [1.807, 2.05) is 0 Å². The average Bonchev–Trinajstić information content (AvgIpc) is 2.72. The first kappa shape index (κ1) is 12.8. The van der Waals surface area contributed by atoms with Crippen LogP contribution in [0.15, 0.2) is 0 Å². The Morgan fingerprint density at radius 3 is 2.88 bits per heavy atom. The van der Waals surface area contributed by atoms with Gasteiger partial charge in [0.05, 0.1) is 0 Å². The molecule has 17 heavy (non-hydrogen) atoms. The summed E-state index contributed by atoms with van der Waals surface area (Å²) >= 11 is 0. The van der Waals surface area contributed by atoms with E-state index >= 15 is 0 Å². The number of amides is 1. The van der Waals surface area contributed by atoms with E-state index in [0.29, 0.717) is 6.61 Å². The van der Waals surface area contributed by atoms with Crippen molar-refractivity contribution in [3.8, 4) is 0 Å². The van der Waals surface area contributed by atoms with Crippen LogP contribution in [0.25, 0.3) is 0 Å². The summed E-state index contributed by atoms with van der Waals surface area (Å²) in [6, 6.07) is 0. The second-order valence-electron chi connectivity index (χ2n) is 4.95. The molecule has 0 bridgehead atoms. The van der Waals surface area contributed by atoms with Crippen LogP contribution < -0.4 is 11.1 Å². The average molecular weight is 241 g/mol. The molecule has 0 spiro atoms. The van der Waals surface area contributed by atoms with E-state index in [-0.39, 0.29) is 5.91 Å². The van der Waals surface area contributed by atoms with Gasteiger partial charge in [-0.3, -0.25) is 9.69 Å². The molecule has 2 aliphatic rings. The summed E-state index contributed by atoms with van der Waals surface area (Å²) in [6.07, 6.45) is 3.58. The van der Waals surface area contributed by atoms with Crippen LogP contribution in [0.5, 0.6) is 0 Å². The Morgan fingerprint density at radius 1 is 1.18 bits per heavy atom. The van der Waals surface area contributed by atoms with Crippen LogP contribution in [0.1, 0.15) is 25.7 Å². The van der Waals surface area contributed by atoms with Crippen molar-refractivity contribution >= 4 is 5.91 Å². The van der Waals surface area contributed by atoms with Gasteiger partial charge < -0.3 is 15.8 Å². The second kappa shape index (κ2) is 5.80. The highest BCUT2D eigenvalue weighted by Crippen LogP contribution is 2.28. The number of hydrogen-bond acceptors (Lipinski definition) is 4.